The van der Waals surface area contributed by atoms with Crippen molar-refractivity contribution in [3.8, 4) is 0 Å². The molecule has 2 aliphatic rings. The summed E-state index contributed by atoms with van der Waals surface area (Å²) in [5.41, 5.74) is 0. The predicted octanol–water partition coefficient (Wildman–Crippen LogP) is 1.87. The first-order valence-corrected chi connectivity index (χ1v) is 7.23. The second-order valence-electron chi connectivity index (χ2n) is 5.86. The Kier molecular flexibility index (Phi) is 4.83. The Hall–Kier alpha value is -0.120. The molecule has 0 spiro atoms. The molecule has 2 rings (SSSR count). The lowest BCUT2D eigenvalue weighted by atomic mass is 9.99. The van der Waals surface area contributed by atoms with Gasteiger partial charge in [0.1, 0.15) is 0 Å². The normalized spacial score (nSPS) is 39.7. The summed E-state index contributed by atoms with van der Waals surface area (Å²) in [5.74, 6) is 0.894. The topological polar surface area (TPSA) is 24.5 Å². The Bertz CT molecular complexity index is 234. The zero-order valence-corrected chi connectivity index (χ0v) is 11.6. The molecule has 1 heterocycles. The van der Waals surface area contributed by atoms with E-state index in [0.29, 0.717) is 12.1 Å². The van der Waals surface area contributed by atoms with Gasteiger partial charge < -0.3 is 10.1 Å². The summed E-state index contributed by atoms with van der Waals surface area (Å²) >= 11 is 0. The van der Waals surface area contributed by atoms with Gasteiger partial charge in [0.2, 0.25) is 0 Å². The van der Waals surface area contributed by atoms with E-state index in [2.05, 4.69) is 31.1 Å². The number of nitrogens with one attached hydrogen (secondary N) is 1. The number of nitrogens with zero attached hydrogens (tertiary/aromatic N) is 1. The molecular weight excluding hydrogens is 212 g/mol. The highest BCUT2D eigenvalue weighted by atomic mass is 16.5. The molecule has 1 N–H and O–H groups in total. The zero-order chi connectivity index (χ0) is 12.3. The maximum absolute atomic E-state index is 5.68. The maximum Gasteiger partial charge on any atom is 0.0674 e. The summed E-state index contributed by atoms with van der Waals surface area (Å²) < 4.78 is 5.68. The van der Waals surface area contributed by atoms with Crippen molar-refractivity contribution in [1.29, 1.82) is 0 Å². The van der Waals surface area contributed by atoms with Crippen molar-refractivity contribution in [2.45, 2.75) is 57.7 Å². The largest absolute Gasteiger partial charge is 0.376 e. The van der Waals surface area contributed by atoms with Crippen molar-refractivity contribution >= 4 is 0 Å². The van der Waals surface area contributed by atoms with E-state index >= 15 is 0 Å². The molecule has 4 unspecified atom stereocenters. The highest BCUT2D eigenvalue weighted by Gasteiger charge is 2.28. The molecule has 0 amide bonds. The van der Waals surface area contributed by atoms with Gasteiger partial charge in [-0.1, -0.05) is 6.42 Å². The SMILES string of the molecule is CNC1CCCC1CCN1CC(C)OCC1C. The molecule has 0 bridgehead atoms. The van der Waals surface area contributed by atoms with Gasteiger partial charge in [0, 0.05) is 18.6 Å². The van der Waals surface area contributed by atoms with Gasteiger partial charge in [-0.05, 0) is 52.6 Å². The van der Waals surface area contributed by atoms with Crippen molar-refractivity contribution in [1.82, 2.24) is 10.2 Å². The third-order valence-electron chi connectivity index (χ3n) is 4.55. The molecule has 3 nitrogen and oxygen atoms in total. The van der Waals surface area contributed by atoms with Crippen LogP contribution in [0.25, 0.3) is 0 Å². The van der Waals surface area contributed by atoms with Crippen LogP contribution in [0.2, 0.25) is 0 Å². The summed E-state index contributed by atoms with van der Waals surface area (Å²) in [6, 6.07) is 1.37. The van der Waals surface area contributed by atoms with E-state index in [1.54, 1.807) is 0 Å². The first-order valence-electron chi connectivity index (χ1n) is 7.23. The van der Waals surface area contributed by atoms with Crippen LogP contribution in [-0.4, -0.2) is 49.8 Å². The summed E-state index contributed by atoms with van der Waals surface area (Å²) in [5, 5.41) is 3.48. The quantitative estimate of drug-likeness (QED) is 0.812. The summed E-state index contributed by atoms with van der Waals surface area (Å²) in [4.78, 5) is 2.61. The number of hydrogen-bond acceptors (Lipinski definition) is 3. The Labute approximate surface area is 106 Å². The second-order valence-corrected chi connectivity index (χ2v) is 5.86. The van der Waals surface area contributed by atoms with Crippen LogP contribution in [-0.2, 0) is 4.74 Å². The second kappa shape index (κ2) is 6.17. The average Bonchev–Trinajstić information content (AvgIpc) is 2.77. The summed E-state index contributed by atoms with van der Waals surface area (Å²) in [6.07, 6.45) is 5.96. The molecule has 17 heavy (non-hydrogen) atoms. The van der Waals surface area contributed by atoms with E-state index in [4.69, 9.17) is 4.74 Å². The highest BCUT2D eigenvalue weighted by Crippen LogP contribution is 2.28. The molecule has 0 radical (unpaired) electrons. The standard InChI is InChI=1S/C14H28N2O/c1-11-10-17-12(2)9-16(11)8-7-13-5-4-6-14(13)15-3/h11-15H,4-10H2,1-3H3. The number of hydrogen-bond donors (Lipinski definition) is 1. The predicted molar refractivity (Wildman–Crippen MR) is 71.3 cm³/mol. The fourth-order valence-electron chi connectivity index (χ4n) is 3.38. The van der Waals surface area contributed by atoms with Crippen LogP contribution < -0.4 is 5.32 Å². The van der Waals surface area contributed by atoms with Gasteiger partial charge in [-0.3, -0.25) is 4.90 Å². The fraction of sp³-hybridized carbons (Fsp3) is 1.00. The lowest BCUT2D eigenvalue weighted by Gasteiger charge is -2.37. The Balaban J connectivity index is 1.76. The third-order valence-corrected chi connectivity index (χ3v) is 4.55. The van der Waals surface area contributed by atoms with Crippen LogP contribution >= 0.6 is 0 Å². The third kappa shape index (κ3) is 3.43. The maximum atomic E-state index is 5.68. The lowest BCUT2D eigenvalue weighted by Crippen LogP contribution is -2.48. The Morgan fingerprint density at radius 2 is 2.12 bits per heavy atom. The molecule has 0 aromatic carbocycles. The van der Waals surface area contributed by atoms with E-state index in [1.165, 1.54) is 32.2 Å². The smallest absolute Gasteiger partial charge is 0.0674 e. The van der Waals surface area contributed by atoms with E-state index in [1.807, 2.05) is 0 Å². The minimum absolute atomic E-state index is 0.412. The van der Waals surface area contributed by atoms with Gasteiger partial charge in [0.15, 0.2) is 0 Å². The van der Waals surface area contributed by atoms with Gasteiger partial charge in [-0.25, -0.2) is 0 Å². The lowest BCUT2D eigenvalue weighted by molar-refractivity contribution is -0.0508. The van der Waals surface area contributed by atoms with Crippen LogP contribution in [0.1, 0.15) is 39.5 Å². The molecule has 1 saturated heterocycles. The van der Waals surface area contributed by atoms with E-state index in [0.717, 1.165) is 25.1 Å². The van der Waals surface area contributed by atoms with Crippen LogP contribution in [0, 0.1) is 5.92 Å². The number of rotatable bonds is 4. The summed E-state index contributed by atoms with van der Waals surface area (Å²) in [7, 11) is 2.11. The fourth-order valence-corrected chi connectivity index (χ4v) is 3.38. The van der Waals surface area contributed by atoms with Crippen molar-refractivity contribution in [2.75, 3.05) is 26.7 Å². The van der Waals surface area contributed by atoms with E-state index in [-0.39, 0.29) is 0 Å². The van der Waals surface area contributed by atoms with Crippen LogP contribution in [0.5, 0.6) is 0 Å². The molecular formula is C14H28N2O. The minimum Gasteiger partial charge on any atom is -0.376 e. The van der Waals surface area contributed by atoms with Gasteiger partial charge in [-0.2, -0.15) is 0 Å². The van der Waals surface area contributed by atoms with Gasteiger partial charge in [0.05, 0.1) is 12.7 Å². The molecule has 3 heteroatoms. The monoisotopic (exact) mass is 240 g/mol. The molecule has 1 aliphatic carbocycles. The number of ether oxygens (including phenoxy) is 1. The van der Waals surface area contributed by atoms with E-state index < -0.39 is 0 Å². The number of morpholine rings is 1. The van der Waals surface area contributed by atoms with Crippen molar-refractivity contribution in [3.05, 3.63) is 0 Å². The zero-order valence-electron chi connectivity index (χ0n) is 11.6. The van der Waals surface area contributed by atoms with Crippen LogP contribution in [0.3, 0.4) is 0 Å². The molecule has 2 fully saturated rings. The Morgan fingerprint density at radius 1 is 1.29 bits per heavy atom. The first-order chi connectivity index (χ1) is 8.20. The minimum atomic E-state index is 0.412. The van der Waals surface area contributed by atoms with Crippen LogP contribution in [0.15, 0.2) is 0 Å². The van der Waals surface area contributed by atoms with Gasteiger partial charge in [0.25, 0.3) is 0 Å². The van der Waals surface area contributed by atoms with Gasteiger partial charge >= 0.3 is 0 Å². The van der Waals surface area contributed by atoms with Crippen molar-refractivity contribution in [2.24, 2.45) is 5.92 Å². The molecule has 1 saturated carbocycles. The highest BCUT2D eigenvalue weighted by molar-refractivity contribution is 4.84. The summed E-state index contributed by atoms with van der Waals surface area (Å²) in [6.45, 7) is 7.73. The molecule has 1 aliphatic heterocycles. The van der Waals surface area contributed by atoms with Crippen LogP contribution in [0.4, 0.5) is 0 Å². The molecule has 0 aromatic rings. The molecule has 0 aromatic heterocycles. The first kappa shape index (κ1) is 13.3. The van der Waals surface area contributed by atoms with Gasteiger partial charge in [-0.15, -0.1) is 0 Å². The van der Waals surface area contributed by atoms with Crippen molar-refractivity contribution < 1.29 is 4.74 Å². The van der Waals surface area contributed by atoms with Crippen molar-refractivity contribution in [3.63, 3.8) is 0 Å². The Morgan fingerprint density at radius 3 is 2.88 bits per heavy atom. The van der Waals surface area contributed by atoms with E-state index in [9.17, 15) is 0 Å². The average molecular weight is 240 g/mol. The molecule has 100 valence electrons. The molecule has 4 atom stereocenters.